The normalized spacial score (nSPS) is 19.1. The summed E-state index contributed by atoms with van der Waals surface area (Å²) in [7, 11) is 1.59. The monoisotopic (exact) mass is 319 g/mol. The molecule has 7 heteroatoms. The van der Waals surface area contributed by atoms with Crippen molar-refractivity contribution in [3.63, 3.8) is 0 Å². The molecule has 0 saturated carbocycles. The van der Waals surface area contributed by atoms with Gasteiger partial charge >= 0.3 is 0 Å². The molecule has 2 N–H and O–H groups in total. The first kappa shape index (κ1) is 16.0. The molecule has 2 aliphatic rings. The molecule has 7 nitrogen and oxygen atoms in total. The fourth-order valence-electron chi connectivity index (χ4n) is 3.40. The maximum Gasteiger partial charge on any atom is 0.271 e. The lowest BCUT2D eigenvalue weighted by molar-refractivity contribution is -0.133. The lowest BCUT2D eigenvalue weighted by atomic mass is 10.0. The number of hydrogen-bond donors (Lipinski definition) is 2. The zero-order chi connectivity index (χ0) is 16.2. The SMILES string of the molecule is CNC(=O)c1n[nH]c2c1CN(C(=O)CN1CCCCCC1)CC2. The minimum Gasteiger partial charge on any atom is -0.354 e. The van der Waals surface area contributed by atoms with Crippen LogP contribution in [-0.4, -0.2) is 65.0 Å². The second-order valence-electron chi connectivity index (χ2n) is 6.36. The Morgan fingerprint density at radius 3 is 2.61 bits per heavy atom. The van der Waals surface area contributed by atoms with Crippen LogP contribution in [0.15, 0.2) is 0 Å². The van der Waals surface area contributed by atoms with Crippen molar-refractivity contribution in [2.24, 2.45) is 0 Å². The topological polar surface area (TPSA) is 81.3 Å². The number of aromatic amines is 1. The molecule has 0 aliphatic carbocycles. The molecule has 0 atom stereocenters. The highest BCUT2D eigenvalue weighted by molar-refractivity contribution is 5.94. The highest BCUT2D eigenvalue weighted by atomic mass is 16.2. The van der Waals surface area contributed by atoms with Crippen molar-refractivity contribution in [3.05, 3.63) is 17.0 Å². The average molecular weight is 319 g/mol. The molecular weight excluding hydrogens is 294 g/mol. The predicted molar refractivity (Wildman–Crippen MR) is 86.0 cm³/mol. The molecular formula is C16H25N5O2. The van der Waals surface area contributed by atoms with Crippen LogP contribution in [0, 0.1) is 0 Å². The van der Waals surface area contributed by atoms with Crippen LogP contribution in [0.2, 0.25) is 0 Å². The zero-order valence-corrected chi connectivity index (χ0v) is 13.7. The number of amides is 2. The highest BCUT2D eigenvalue weighted by Gasteiger charge is 2.28. The van der Waals surface area contributed by atoms with E-state index in [-0.39, 0.29) is 11.8 Å². The number of likely N-dealkylation sites (tertiary alicyclic amines) is 1. The van der Waals surface area contributed by atoms with Crippen LogP contribution in [0.4, 0.5) is 0 Å². The van der Waals surface area contributed by atoms with Gasteiger partial charge in [-0.15, -0.1) is 0 Å². The van der Waals surface area contributed by atoms with Crippen LogP contribution in [0.3, 0.4) is 0 Å². The molecule has 1 saturated heterocycles. The summed E-state index contributed by atoms with van der Waals surface area (Å²) in [5.74, 6) is -0.0501. The molecule has 1 fully saturated rings. The number of hydrogen-bond acceptors (Lipinski definition) is 4. The summed E-state index contributed by atoms with van der Waals surface area (Å²) in [6.45, 7) is 3.68. The van der Waals surface area contributed by atoms with E-state index in [1.54, 1.807) is 7.05 Å². The van der Waals surface area contributed by atoms with Crippen molar-refractivity contribution < 1.29 is 9.59 Å². The Hall–Kier alpha value is -1.89. The second kappa shape index (κ2) is 7.12. The van der Waals surface area contributed by atoms with Crippen molar-refractivity contribution in [2.75, 3.05) is 33.2 Å². The van der Waals surface area contributed by atoms with E-state index in [1.165, 1.54) is 25.7 Å². The number of aromatic nitrogens is 2. The number of carbonyl (C=O) groups excluding carboxylic acids is 2. The first-order valence-corrected chi connectivity index (χ1v) is 8.47. The van der Waals surface area contributed by atoms with Gasteiger partial charge in [-0.1, -0.05) is 12.8 Å². The largest absolute Gasteiger partial charge is 0.354 e. The lowest BCUT2D eigenvalue weighted by Gasteiger charge is -2.29. The van der Waals surface area contributed by atoms with E-state index < -0.39 is 0 Å². The molecule has 1 aromatic rings. The number of H-pyrrole nitrogens is 1. The van der Waals surface area contributed by atoms with E-state index >= 15 is 0 Å². The quantitative estimate of drug-likeness (QED) is 0.851. The van der Waals surface area contributed by atoms with E-state index in [1.807, 2.05) is 4.90 Å². The Morgan fingerprint density at radius 2 is 1.91 bits per heavy atom. The Balaban J connectivity index is 1.65. The number of nitrogens with zero attached hydrogens (tertiary/aromatic N) is 3. The van der Waals surface area contributed by atoms with Gasteiger partial charge in [-0.25, -0.2) is 0 Å². The molecule has 3 heterocycles. The van der Waals surface area contributed by atoms with Crippen molar-refractivity contribution in [2.45, 2.75) is 38.6 Å². The lowest BCUT2D eigenvalue weighted by Crippen LogP contribution is -2.43. The van der Waals surface area contributed by atoms with Gasteiger partial charge in [0.05, 0.1) is 6.54 Å². The Kier molecular flexibility index (Phi) is 4.95. The number of fused-ring (bicyclic) bond motifs is 1. The Labute approximate surface area is 136 Å². The summed E-state index contributed by atoms with van der Waals surface area (Å²) in [4.78, 5) is 28.6. The predicted octanol–water partition coefficient (Wildman–Crippen LogP) is 0.530. The van der Waals surface area contributed by atoms with E-state index in [4.69, 9.17) is 0 Å². The van der Waals surface area contributed by atoms with Crippen molar-refractivity contribution in [3.8, 4) is 0 Å². The standard InChI is InChI=1S/C16H25N5O2/c1-17-16(23)15-12-10-21(9-6-13(12)18-19-15)14(22)11-20-7-4-2-3-5-8-20/h2-11H2,1H3,(H,17,23)(H,18,19). The summed E-state index contributed by atoms with van der Waals surface area (Å²) >= 11 is 0. The molecule has 1 aromatic heterocycles. The molecule has 0 radical (unpaired) electrons. The molecule has 0 spiro atoms. The van der Waals surface area contributed by atoms with Crippen molar-refractivity contribution in [1.82, 2.24) is 25.3 Å². The molecule has 2 aliphatic heterocycles. The summed E-state index contributed by atoms with van der Waals surface area (Å²) in [5, 5.41) is 9.64. The van der Waals surface area contributed by atoms with Crippen LogP contribution in [0.25, 0.3) is 0 Å². The van der Waals surface area contributed by atoms with E-state index in [0.29, 0.717) is 25.3 Å². The minimum absolute atomic E-state index is 0.154. The van der Waals surface area contributed by atoms with Crippen LogP contribution in [-0.2, 0) is 17.8 Å². The highest BCUT2D eigenvalue weighted by Crippen LogP contribution is 2.21. The van der Waals surface area contributed by atoms with Gasteiger partial charge in [0.25, 0.3) is 5.91 Å². The van der Waals surface area contributed by atoms with Crippen LogP contribution < -0.4 is 5.32 Å². The van der Waals surface area contributed by atoms with E-state index in [2.05, 4.69) is 20.4 Å². The molecule has 3 rings (SSSR count). The average Bonchev–Trinajstić information content (AvgIpc) is 2.82. The number of rotatable bonds is 3. The summed E-state index contributed by atoms with van der Waals surface area (Å²) in [5.41, 5.74) is 2.25. The van der Waals surface area contributed by atoms with Crippen molar-refractivity contribution >= 4 is 11.8 Å². The Morgan fingerprint density at radius 1 is 1.17 bits per heavy atom. The van der Waals surface area contributed by atoms with Crippen molar-refractivity contribution in [1.29, 1.82) is 0 Å². The summed E-state index contributed by atoms with van der Waals surface area (Å²) in [6.07, 6.45) is 5.62. The summed E-state index contributed by atoms with van der Waals surface area (Å²) < 4.78 is 0. The van der Waals surface area contributed by atoms with Gasteiger partial charge < -0.3 is 10.2 Å². The third-order valence-corrected chi connectivity index (χ3v) is 4.79. The van der Waals surface area contributed by atoms with Crippen LogP contribution >= 0.6 is 0 Å². The van der Waals surface area contributed by atoms with Gasteiger partial charge in [-0.3, -0.25) is 19.6 Å². The smallest absolute Gasteiger partial charge is 0.271 e. The second-order valence-corrected chi connectivity index (χ2v) is 6.36. The van der Waals surface area contributed by atoms with Gasteiger partial charge in [0.2, 0.25) is 5.91 Å². The van der Waals surface area contributed by atoms with Gasteiger partial charge in [-0.2, -0.15) is 5.10 Å². The maximum atomic E-state index is 12.6. The molecule has 0 aromatic carbocycles. The minimum atomic E-state index is -0.204. The van der Waals surface area contributed by atoms with Gasteiger partial charge in [-0.05, 0) is 25.9 Å². The number of nitrogens with one attached hydrogen (secondary N) is 2. The van der Waals surface area contributed by atoms with E-state index in [0.717, 1.165) is 30.8 Å². The molecule has 0 unspecified atom stereocenters. The van der Waals surface area contributed by atoms with Gasteiger partial charge in [0.1, 0.15) is 0 Å². The van der Waals surface area contributed by atoms with E-state index in [9.17, 15) is 9.59 Å². The third-order valence-electron chi connectivity index (χ3n) is 4.79. The van der Waals surface area contributed by atoms with Gasteiger partial charge in [0, 0.05) is 37.8 Å². The maximum absolute atomic E-state index is 12.6. The van der Waals surface area contributed by atoms with Gasteiger partial charge in [0.15, 0.2) is 5.69 Å². The third kappa shape index (κ3) is 3.55. The summed E-state index contributed by atoms with van der Waals surface area (Å²) in [6, 6.07) is 0. The molecule has 126 valence electrons. The molecule has 23 heavy (non-hydrogen) atoms. The first-order valence-electron chi connectivity index (χ1n) is 8.47. The fraction of sp³-hybridized carbons (Fsp3) is 0.688. The van der Waals surface area contributed by atoms with Crippen LogP contribution in [0.1, 0.15) is 47.4 Å². The molecule has 2 amide bonds. The Bertz CT molecular complexity index is 575. The molecule has 0 bridgehead atoms. The number of carbonyl (C=O) groups is 2. The first-order chi connectivity index (χ1) is 11.2. The zero-order valence-electron chi connectivity index (χ0n) is 13.7. The van der Waals surface area contributed by atoms with Crippen LogP contribution in [0.5, 0.6) is 0 Å². The fourth-order valence-corrected chi connectivity index (χ4v) is 3.40.